The fourth-order valence-corrected chi connectivity index (χ4v) is 2.07. The first-order valence-electron chi connectivity index (χ1n) is 9.22. The summed E-state index contributed by atoms with van der Waals surface area (Å²) in [5.41, 5.74) is -0.501. The molecule has 0 fully saturated rings. The minimum absolute atomic E-state index is 0. The first-order valence-corrected chi connectivity index (χ1v) is 9.22. The van der Waals surface area contributed by atoms with Crippen LogP contribution in [0.15, 0.2) is 82.6 Å². The van der Waals surface area contributed by atoms with Gasteiger partial charge in [0.1, 0.15) is 23.6 Å². The van der Waals surface area contributed by atoms with E-state index in [-0.39, 0.29) is 53.5 Å². The minimum Gasteiger partial charge on any atom is -0.872 e. The van der Waals surface area contributed by atoms with Crippen molar-refractivity contribution in [3.05, 3.63) is 83.7 Å². The Bertz CT molecular complexity index is 1140. The van der Waals surface area contributed by atoms with Crippen molar-refractivity contribution in [1.29, 1.82) is 10.5 Å². The Morgan fingerprint density at radius 2 is 1.11 bits per heavy atom. The van der Waals surface area contributed by atoms with E-state index < -0.39 is 11.5 Å². The topological polar surface area (TPSA) is 205 Å². The number of aromatic nitrogens is 2. The third-order valence-corrected chi connectivity index (χ3v) is 3.57. The zero-order valence-electron chi connectivity index (χ0n) is 18.5. The van der Waals surface area contributed by atoms with Crippen LogP contribution in [0.2, 0.25) is 0 Å². The SMILES string of the molecule is CO.N#C/C(N=Cc1ccc(O)cc1[O-])=C(\C#N)N=Cc1ccc(O)cc1[O-].[Zn+2].c1cnccn1. The molecule has 11 nitrogen and oxygen atoms in total. The molecule has 3 rings (SSSR count). The summed E-state index contributed by atoms with van der Waals surface area (Å²) in [5.74, 6) is -1.41. The molecule has 35 heavy (non-hydrogen) atoms. The Morgan fingerprint density at radius 3 is 1.37 bits per heavy atom. The number of aromatic hydroxyl groups is 2. The zero-order valence-corrected chi connectivity index (χ0v) is 21.4. The van der Waals surface area contributed by atoms with Gasteiger partial charge < -0.3 is 25.5 Å². The van der Waals surface area contributed by atoms with Crippen molar-refractivity contribution in [2.45, 2.75) is 0 Å². The average molecular weight is 524 g/mol. The number of benzene rings is 2. The van der Waals surface area contributed by atoms with Crippen LogP contribution in [0.4, 0.5) is 0 Å². The second kappa shape index (κ2) is 16.9. The smallest absolute Gasteiger partial charge is 0.872 e. The molecule has 172 valence electrons. The van der Waals surface area contributed by atoms with Crippen LogP contribution in [0.1, 0.15) is 11.1 Å². The molecular weight excluding hydrogens is 506 g/mol. The van der Waals surface area contributed by atoms with E-state index in [0.29, 0.717) is 0 Å². The quantitative estimate of drug-likeness (QED) is 0.254. The molecule has 3 N–H and O–H groups in total. The average Bonchev–Trinajstić information content (AvgIpc) is 2.86. The number of aliphatic hydroxyl groups excluding tert-OH is 1. The molecule has 0 radical (unpaired) electrons. The van der Waals surface area contributed by atoms with Crippen molar-refractivity contribution < 1.29 is 45.0 Å². The number of nitriles is 2. The number of aliphatic imine (C=N–C) groups is 2. The van der Waals surface area contributed by atoms with Crippen molar-refractivity contribution in [2.75, 3.05) is 7.11 Å². The third-order valence-electron chi connectivity index (χ3n) is 3.57. The number of hydrogen-bond acceptors (Lipinski definition) is 11. The maximum Gasteiger partial charge on any atom is 2.00 e. The van der Waals surface area contributed by atoms with Crippen molar-refractivity contribution in [3.8, 4) is 35.1 Å². The predicted molar refractivity (Wildman–Crippen MR) is 119 cm³/mol. The molecule has 0 aliphatic rings. The summed E-state index contributed by atoms with van der Waals surface area (Å²) in [4.78, 5) is 15.0. The number of hydrogen-bond donors (Lipinski definition) is 3. The summed E-state index contributed by atoms with van der Waals surface area (Å²) in [6.45, 7) is 0. The number of nitrogens with zero attached hydrogens (tertiary/aromatic N) is 6. The third kappa shape index (κ3) is 10.7. The van der Waals surface area contributed by atoms with Crippen LogP contribution in [0.25, 0.3) is 0 Å². The Hall–Kier alpha value is -4.64. The molecule has 0 atom stereocenters. The van der Waals surface area contributed by atoms with Crippen LogP contribution in [-0.2, 0) is 19.5 Å². The second-order valence-electron chi connectivity index (χ2n) is 5.78. The molecule has 0 aliphatic heterocycles. The molecule has 0 saturated carbocycles. The fourth-order valence-electron chi connectivity index (χ4n) is 2.07. The molecule has 1 heterocycles. The van der Waals surface area contributed by atoms with E-state index >= 15 is 0 Å². The van der Waals surface area contributed by atoms with Crippen LogP contribution in [0, 0.1) is 22.7 Å². The molecule has 2 aromatic carbocycles. The van der Waals surface area contributed by atoms with Crippen LogP contribution in [-0.4, -0.2) is 44.8 Å². The summed E-state index contributed by atoms with van der Waals surface area (Å²) in [6, 6.07) is 10.5. The van der Waals surface area contributed by atoms with Gasteiger partial charge in [-0.15, -0.1) is 0 Å². The molecule has 1 aromatic heterocycles. The molecule has 12 heteroatoms. The minimum atomic E-state index is -0.506. The Morgan fingerprint density at radius 1 is 0.771 bits per heavy atom. The summed E-state index contributed by atoms with van der Waals surface area (Å²) in [5, 5.41) is 67.0. The van der Waals surface area contributed by atoms with Crippen LogP contribution < -0.4 is 10.2 Å². The molecule has 0 unspecified atom stereocenters. The van der Waals surface area contributed by atoms with Gasteiger partial charge in [0.2, 0.25) is 0 Å². The Labute approximate surface area is 213 Å². The van der Waals surface area contributed by atoms with Gasteiger partial charge in [-0.05, 0) is 35.4 Å². The number of allylic oxidation sites excluding steroid dienone is 2. The van der Waals surface area contributed by atoms with E-state index in [2.05, 4.69) is 20.0 Å². The normalized spacial score (nSPS) is 10.4. The maximum atomic E-state index is 11.7. The predicted octanol–water partition coefficient (Wildman–Crippen LogP) is 1.12. The van der Waals surface area contributed by atoms with Gasteiger partial charge in [0.05, 0.1) is 0 Å². The zero-order chi connectivity index (χ0) is 25.3. The van der Waals surface area contributed by atoms with Gasteiger partial charge in [-0.2, -0.15) is 10.5 Å². The summed E-state index contributed by atoms with van der Waals surface area (Å²) in [6.07, 6.45) is 8.71. The first-order chi connectivity index (χ1) is 16.4. The van der Waals surface area contributed by atoms with Crippen LogP contribution in [0.3, 0.4) is 0 Å². The molecule has 3 aromatic rings. The largest absolute Gasteiger partial charge is 2.00 e. The number of aliphatic hydroxyl groups is 1. The van der Waals surface area contributed by atoms with E-state index in [1.165, 1.54) is 24.3 Å². The van der Waals surface area contributed by atoms with Crippen molar-refractivity contribution in [1.82, 2.24) is 9.97 Å². The van der Waals surface area contributed by atoms with E-state index in [4.69, 9.17) is 15.6 Å². The van der Waals surface area contributed by atoms with Crippen LogP contribution >= 0.6 is 0 Å². The van der Waals surface area contributed by atoms with E-state index in [1.54, 1.807) is 36.9 Å². The van der Waals surface area contributed by atoms with Crippen molar-refractivity contribution in [3.63, 3.8) is 0 Å². The van der Waals surface area contributed by atoms with E-state index in [9.17, 15) is 20.4 Å². The maximum absolute atomic E-state index is 11.7. The Kier molecular flexibility index (Phi) is 14.7. The molecular formula is C23H18N6O5Zn. The van der Waals surface area contributed by atoms with Gasteiger partial charge >= 0.3 is 19.5 Å². The second-order valence-corrected chi connectivity index (χ2v) is 5.78. The summed E-state index contributed by atoms with van der Waals surface area (Å²) < 4.78 is 0. The van der Waals surface area contributed by atoms with Crippen LogP contribution in [0.5, 0.6) is 23.0 Å². The first kappa shape index (κ1) is 30.4. The number of rotatable bonds is 4. The van der Waals surface area contributed by atoms with Crippen molar-refractivity contribution >= 4 is 12.4 Å². The van der Waals surface area contributed by atoms with Gasteiger partial charge in [-0.25, -0.2) is 9.98 Å². The molecule has 0 aliphatic carbocycles. The van der Waals surface area contributed by atoms with Gasteiger partial charge in [0.25, 0.3) is 0 Å². The fraction of sp³-hybridized carbons (Fsp3) is 0.0435. The standard InChI is InChI=1S/C18H12N4O4.C4H4N2.CH4O.Zn/c19-7-15(21-9-11-1-3-13(23)5-17(11)25)16(8-20)22-10-12-2-4-14(24)6-18(12)26;1-2-6-4-3-5-1;1-2;/h1-6,9-10,23-26H;1-4H;2H,1H3;/q;;;+2/p-2/b16-15-,21-9?,22-10?;;;. The number of phenolic OH excluding ortho intramolecular Hbond substituents is 2. The molecule has 0 amide bonds. The van der Waals surface area contributed by atoms with Crippen molar-refractivity contribution in [2.24, 2.45) is 9.98 Å². The van der Waals surface area contributed by atoms with Gasteiger partial charge in [0, 0.05) is 44.3 Å². The van der Waals surface area contributed by atoms with E-state index in [1.807, 2.05) is 0 Å². The van der Waals surface area contributed by atoms with E-state index in [0.717, 1.165) is 31.7 Å². The molecule has 0 bridgehead atoms. The van der Waals surface area contributed by atoms with Gasteiger partial charge in [-0.1, -0.05) is 23.6 Å². The summed E-state index contributed by atoms with van der Waals surface area (Å²) in [7, 11) is 1.00. The number of phenols is 2. The Balaban J connectivity index is 0.00000110. The molecule has 0 spiro atoms. The summed E-state index contributed by atoms with van der Waals surface area (Å²) >= 11 is 0. The van der Waals surface area contributed by atoms with Gasteiger partial charge in [-0.3, -0.25) is 9.97 Å². The monoisotopic (exact) mass is 522 g/mol. The molecule has 0 saturated heterocycles. The van der Waals surface area contributed by atoms with Gasteiger partial charge in [0.15, 0.2) is 11.4 Å².